The summed E-state index contributed by atoms with van der Waals surface area (Å²) in [4.78, 5) is 4.76. The van der Waals surface area contributed by atoms with Crippen LogP contribution < -0.4 is 0 Å². The smallest absolute Gasteiger partial charge is 0.275 e. The molecule has 1 aliphatic heterocycles. The van der Waals surface area contributed by atoms with Crippen molar-refractivity contribution >= 4 is 15.5 Å². The van der Waals surface area contributed by atoms with Gasteiger partial charge in [-0.05, 0) is 12.5 Å². The average Bonchev–Trinajstić information content (AvgIpc) is 3.46. The highest BCUT2D eigenvalue weighted by Crippen LogP contribution is 2.39. The number of sulfonamides is 1. The van der Waals surface area contributed by atoms with Crippen molar-refractivity contribution in [3.63, 3.8) is 0 Å². The monoisotopic (exact) mass is 480 g/mol. The van der Waals surface area contributed by atoms with E-state index in [1.54, 1.807) is 60.2 Å². The molecule has 0 unspecified atom stereocenters. The van der Waals surface area contributed by atoms with Crippen LogP contribution in [0.4, 0.5) is 13.2 Å². The van der Waals surface area contributed by atoms with Crippen molar-refractivity contribution in [2.24, 2.45) is 7.05 Å². The van der Waals surface area contributed by atoms with E-state index in [0.717, 1.165) is 11.1 Å². The first-order valence-electron chi connectivity index (χ1n) is 9.99. The Morgan fingerprint density at radius 2 is 1.79 bits per heavy atom. The van der Waals surface area contributed by atoms with E-state index in [4.69, 9.17) is 4.98 Å². The van der Waals surface area contributed by atoms with Crippen LogP contribution in [0.1, 0.15) is 13.3 Å². The highest BCUT2D eigenvalue weighted by Gasteiger charge is 2.58. The molecule has 0 aromatic carbocycles. The quantitative estimate of drug-likeness (QED) is 0.434. The van der Waals surface area contributed by atoms with Crippen molar-refractivity contribution in [1.82, 2.24) is 38.5 Å². The van der Waals surface area contributed by atoms with E-state index >= 15 is 0 Å². The van der Waals surface area contributed by atoms with Gasteiger partial charge < -0.3 is 0 Å². The zero-order chi connectivity index (χ0) is 23.6. The lowest BCUT2D eigenvalue weighted by atomic mass is 9.89. The minimum absolute atomic E-state index is 0.308. The molecule has 0 atom stereocenters. The molecule has 5 rings (SSSR count). The largest absolute Gasteiger partial charge is 0.511 e. The van der Waals surface area contributed by atoms with Crippen molar-refractivity contribution in [2.45, 2.75) is 24.4 Å². The fourth-order valence-corrected chi connectivity index (χ4v) is 5.11. The Labute approximate surface area is 186 Å². The van der Waals surface area contributed by atoms with E-state index in [-0.39, 0.29) is 13.1 Å². The number of hydrogen-bond donors (Lipinski definition) is 0. The summed E-state index contributed by atoms with van der Waals surface area (Å²) >= 11 is 0. The highest BCUT2D eigenvalue weighted by atomic mass is 32.2. The van der Waals surface area contributed by atoms with Gasteiger partial charge in [-0.25, -0.2) is 17.9 Å². The molecule has 0 radical (unpaired) electrons. The van der Waals surface area contributed by atoms with E-state index in [9.17, 15) is 21.6 Å². The van der Waals surface area contributed by atoms with Crippen LogP contribution in [0.3, 0.4) is 0 Å². The van der Waals surface area contributed by atoms with Crippen molar-refractivity contribution < 1.29 is 21.6 Å². The lowest BCUT2D eigenvalue weighted by Crippen LogP contribution is -2.65. The summed E-state index contributed by atoms with van der Waals surface area (Å²) < 4.78 is 67.5. The van der Waals surface area contributed by atoms with Gasteiger partial charge in [-0.3, -0.25) is 9.36 Å². The Balaban J connectivity index is 1.51. The molecule has 1 aliphatic rings. The minimum Gasteiger partial charge on any atom is -0.275 e. The molecule has 0 spiro atoms. The molecule has 1 saturated heterocycles. The summed E-state index contributed by atoms with van der Waals surface area (Å²) in [5, 5.41) is 12.8. The molecule has 4 aromatic heterocycles. The maximum Gasteiger partial charge on any atom is 0.511 e. The minimum atomic E-state index is -5.37. The third-order valence-corrected chi connectivity index (χ3v) is 7.49. The third-order valence-electron chi connectivity index (χ3n) is 5.96. The predicted octanol–water partition coefficient (Wildman–Crippen LogP) is 2.26. The van der Waals surface area contributed by atoms with E-state index in [2.05, 4.69) is 15.3 Å². The van der Waals surface area contributed by atoms with E-state index in [1.807, 2.05) is 6.20 Å². The van der Waals surface area contributed by atoms with Gasteiger partial charge in [0.2, 0.25) is 0 Å². The molecule has 0 saturated carbocycles. The van der Waals surface area contributed by atoms with E-state index in [0.29, 0.717) is 27.7 Å². The van der Waals surface area contributed by atoms with Crippen molar-refractivity contribution in [2.75, 3.05) is 13.1 Å². The number of aromatic nitrogens is 7. The molecule has 10 nitrogen and oxygen atoms in total. The second kappa shape index (κ2) is 7.12. The predicted molar refractivity (Wildman–Crippen MR) is 111 cm³/mol. The van der Waals surface area contributed by atoms with Gasteiger partial charge in [-0.1, -0.05) is 6.92 Å². The maximum atomic E-state index is 12.9. The summed E-state index contributed by atoms with van der Waals surface area (Å²) in [6, 6.07) is 1.79. The lowest BCUT2D eigenvalue weighted by molar-refractivity contribution is -0.0570. The second-order valence-corrected chi connectivity index (χ2v) is 9.94. The normalized spacial score (nSPS) is 16.9. The molecule has 33 heavy (non-hydrogen) atoms. The standard InChI is InChI=1S/C19H19F3N8O2S/c1-3-18(11-28(12-18)33(31,32)19(20,21)22)30-9-14(7-25-30)17-16-4-5-23-29(16)10-15(26-17)13-6-24-27(2)8-13/h4-10H,3,11-12H2,1-2H3. The zero-order valence-electron chi connectivity index (χ0n) is 17.6. The Bertz CT molecular complexity index is 1450. The van der Waals surface area contributed by atoms with Crippen LogP contribution in [0.5, 0.6) is 0 Å². The first-order valence-corrected chi connectivity index (χ1v) is 11.4. The number of hydrogen-bond acceptors (Lipinski definition) is 6. The first-order chi connectivity index (χ1) is 15.5. The molecule has 174 valence electrons. The topological polar surface area (TPSA) is 103 Å². The van der Waals surface area contributed by atoms with Crippen LogP contribution >= 0.6 is 0 Å². The summed E-state index contributed by atoms with van der Waals surface area (Å²) in [6.07, 6.45) is 10.6. The van der Waals surface area contributed by atoms with Gasteiger partial charge in [-0.15, -0.1) is 0 Å². The molecule has 4 aromatic rings. The molecule has 0 bridgehead atoms. The first kappa shape index (κ1) is 21.6. The van der Waals surface area contributed by atoms with Crippen molar-refractivity contribution in [3.05, 3.63) is 43.2 Å². The average molecular weight is 480 g/mol. The Hall–Kier alpha value is -3.26. The van der Waals surface area contributed by atoms with Crippen LogP contribution in [0.15, 0.2) is 43.2 Å². The van der Waals surface area contributed by atoms with Gasteiger partial charge >= 0.3 is 15.5 Å². The molecule has 0 amide bonds. The number of rotatable bonds is 5. The van der Waals surface area contributed by atoms with E-state index < -0.39 is 21.1 Å². The van der Waals surface area contributed by atoms with Crippen LogP contribution in [0.2, 0.25) is 0 Å². The summed E-state index contributed by atoms with van der Waals surface area (Å²) in [7, 11) is -3.57. The van der Waals surface area contributed by atoms with Gasteiger partial charge in [0.25, 0.3) is 0 Å². The Morgan fingerprint density at radius 3 is 2.42 bits per heavy atom. The van der Waals surface area contributed by atoms with Crippen LogP contribution in [0.25, 0.3) is 28.0 Å². The molecular formula is C19H19F3N8O2S. The van der Waals surface area contributed by atoms with Crippen molar-refractivity contribution in [3.8, 4) is 22.5 Å². The Kier molecular flexibility index (Phi) is 4.65. The fraction of sp³-hybridized carbons (Fsp3) is 0.368. The van der Waals surface area contributed by atoms with E-state index in [1.165, 1.54) is 4.68 Å². The van der Waals surface area contributed by atoms with Gasteiger partial charge in [0, 0.05) is 43.7 Å². The molecule has 14 heteroatoms. The molecule has 0 aliphatic carbocycles. The number of fused-ring (bicyclic) bond motifs is 1. The number of halogens is 3. The van der Waals surface area contributed by atoms with Gasteiger partial charge in [0.15, 0.2) is 0 Å². The summed E-state index contributed by atoms with van der Waals surface area (Å²) in [6.45, 7) is 1.17. The van der Waals surface area contributed by atoms with Gasteiger partial charge in [0.1, 0.15) is 0 Å². The number of alkyl halides is 3. The molecular weight excluding hydrogens is 461 g/mol. The zero-order valence-corrected chi connectivity index (χ0v) is 18.4. The fourth-order valence-electron chi connectivity index (χ4n) is 3.99. The SMILES string of the molecule is CCC1(n2cc(-c3nc(-c4cnn(C)c4)cn4nccc34)cn2)CN(S(=O)(=O)C(F)(F)F)C1. The summed E-state index contributed by atoms with van der Waals surface area (Å²) in [5.41, 5.74) is -2.82. The van der Waals surface area contributed by atoms with Crippen LogP contribution in [-0.4, -0.2) is 65.5 Å². The molecule has 1 fully saturated rings. The molecule has 5 heterocycles. The Morgan fingerprint density at radius 1 is 1.06 bits per heavy atom. The van der Waals surface area contributed by atoms with Crippen LogP contribution in [0, 0.1) is 0 Å². The van der Waals surface area contributed by atoms with Gasteiger partial charge in [0.05, 0.1) is 47.2 Å². The highest BCUT2D eigenvalue weighted by molar-refractivity contribution is 7.90. The van der Waals surface area contributed by atoms with Crippen LogP contribution in [-0.2, 0) is 22.6 Å². The van der Waals surface area contributed by atoms with Crippen molar-refractivity contribution in [1.29, 1.82) is 0 Å². The second-order valence-electron chi connectivity index (χ2n) is 8.01. The number of nitrogens with zero attached hydrogens (tertiary/aromatic N) is 8. The third kappa shape index (κ3) is 3.31. The lowest BCUT2D eigenvalue weighted by Gasteiger charge is -2.48. The molecule has 0 N–H and O–H groups in total. The summed E-state index contributed by atoms with van der Waals surface area (Å²) in [5.74, 6) is 0. The maximum absolute atomic E-state index is 12.9. The van der Waals surface area contributed by atoms with Gasteiger partial charge in [-0.2, -0.15) is 32.8 Å². The number of aryl methyl sites for hydroxylation is 1.